The Morgan fingerprint density at radius 1 is 1.12 bits per heavy atom. The van der Waals surface area contributed by atoms with Gasteiger partial charge in [-0.25, -0.2) is 22.7 Å². The molecule has 24 heavy (non-hydrogen) atoms. The highest BCUT2D eigenvalue weighted by atomic mass is 32.2. The molecule has 2 rings (SSSR count). The van der Waals surface area contributed by atoms with Gasteiger partial charge in [-0.2, -0.15) is 0 Å². The van der Waals surface area contributed by atoms with Gasteiger partial charge in [-0.1, -0.05) is 12.1 Å². The zero-order chi connectivity index (χ0) is 17.7. The number of carbonyl (C=O) groups excluding carboxylic acids is 1. The standard InChI is InChI=1S/C15H12F2N2O4S/c16-11-5-6-14(13(17)9-11)19-24(22,23)12-3-1-2-10(8-12)4-7-15(20)18-21/h1-9,19,21H,(H,18,20)/b7-4+. The fourth-order valence-corrected chi connectivity index (χ4v) is 2.89. The van der Waals surface area contributed by atoms with E-state index in [4.69, 9.17) is 5.21 Å². The van der Waals surface area contributed by atoms with E-state index in [1.54, 1.807) is 0 Å². The van der Waals surface area contributed by atoms with E-state index in [-0.39, 0.29) is 4.90 Å². The molecule has 6 nitrogen and oxygen atoms in total. The maximum absolute atomic E-state index is 13.6. The minimum Gasteiger partial charge on any atom is -0.288 e. The summed E-state index contributed by atoms with van der Waals surface area (Å²) in [5.74, 6) is -2.66. The Labute approximate surface area is 136 Å². The molecule has 0 radical (unpaired) electrons. The molecule has 1 amide bonds. The first kappa shape index (κ1) is 17.6. The number of anilines is 1. The van der Waals surface area contributed by atoms with Crippen molar-refractivity contribution >= 4 is 27.7 Å². The molecule has 126 valence electrons. The average Bonchev–Trinajstić information content (AvgIpc) is 2.55. The van der Waals surface area contributed by atoms with Gasteiger partial charge in [-0.3, -0.25) is 14.7 Å². The number of carbonyl (C=O) groups is 1. The summed E-state index contributed by atoms with van der Waals surface area (Å²) in [6.07, 6.45) is 2.28. The van der Waals surface area contributed by atoms with E-state index >= 15 is 0 Å². The van der Waals surface area contributed by atoms with E-state index in [1.807, 2.05) is 4.72 Å². The number of halogens is 2. The highest BCUT2D eigenvalue weighted by Crippen LogP contribution is 2.21. The summed E-state index contributed by atoms with van der Waals surface area (Å²) in [5, 5.41) is 8.39. The fraction of sp³-hybridized carbons (Fsp3) is 0. The number of rotatable bonds is 5. The minimum atomic E-state index is -4.11. The summed E-state index contributed by atoms with van der Waals surface area (Å²) < 4.78 is 53.0. The van der Waals surface area contributed by atoms with Crippen LogP contribution < -0.4 is 10.2 Å². The largest absolute Gasteiger partial charge is 0.288 e. The predicted octanol–water partition coefficient (Wildman–Crippen LogP) is 2.28. The van der Waals surface area contributed by atoms with Crippen LogP contribution in [0.4, 0.5) is 14.5 Å². The van der Waals surface area contributed by atoms with Gasteiger partial charge in [0.05, 0.1) is 10.6 Å². The molecule has 0 aliphatic carbocycles. The average molecular weight is 354 g/mol. The molecule has 2 aromatic rings. The van der Waals surface area contributed by atoms with Crippen LogP contribution in [0.25, 0.3) is 6.08 Å². The van der Waals surface area contributed by atoms with Gasteiger partial charge >= 0.3 is 0 Å². The maximum atomic E-state index is 13.6. The molecule has 2 aromatic carbocycles. The zero-order valence-corrected chi connectivity index (χ0v) is 12.8. The third kappa shape index (κ3) is 4.37. The number of nitrogens with one attached hydrogen (secondary N) is 2. The Balaban J connectivity index is 2.29. The van der Waals surface area contributed by atoms with Crippen molar-refractivity contribution in [2.24, 2.45) is 0 Å². The quantitative estimate of drug-likeness (QED) is 0.436. The highest BCUT2D eigenvalue weighted by Gasteiger charge is 2.16. The van der Waals surface area contributed by atoms with Crippen molar-refractivity contribution < 1.29 is 27.2 Å². The maximum Gasteiger partial charge on any atom is 0.267 e. The lowest BCUT2D eigenvalue weighted by atomic mass is 10.2. The van der Waals surface area contributed by atoms with Crippen LogP contribution >= 0.6 is 0 Å². The molecule has 0 spiro atoms. The molecule has 0 bridgehead atoms. The number of hydrogen-bond acceptors (Lipinski definition) is 4. The van der Waals surface area contributed by atoms with Crippen molar-refractivity contribution in [3.8, 4) is 0 Å². The third-order valence-electron chi connectivity index (χ3n) is 2.88. The van der Waals surface area contributed by atoms with Gasteiger partial charge in [-0.05, 0) is 35.9 Å². The van der Waals surface area contributed by atoms with Gasteiger partial charge in [0.15, 0.2) is 0 Å². The molecule has 0 aromatic heterocycles. The molecule has 0 aliphatic heterocycles. The summed E-state index contributed by atoms with van der Waals surface area (Å²) >= 11 is 0. The molecule has 3 N–H and O–H groups in total. The Morgan fingerprint density at radius 2 is 1.88 bits per heavy atom. The second-order valence-corrected chi connectivity index (χ2v) is 6.29. The van der Waals surface area contributed by atoms with Crippen LogP contribution in [0.1, 0.15) is 5.56 Å². The topological polar surface area (TPSA) is 95.5 Å². The Kier molecular flexibility index (Phi) is 5.27. The third-order valence-corrected chi connectivity index (χ3v) is 4.24. The molecular weight excluding hydrogens is 342 g/mol. The lowest BCUT2D eigenvalue weighted by Crippen LogP contribution is -2.15. The molecular formula is C15H12F2N2O4S. The highest BCUT2D eigenvalue weighted by molar-refractivity contribution is 7.92. The zero-order valence-electron chi connectivity index (χ0n) is 12.0. The van der Waals surface area contributed by atoms with E-state index in [0.29, 0.717) is 11.6 Å². The van der Waals surface area contributed by atoms with Crippen LogP contribution in [0.5, 0.6) is 0 Å². The smallest absolute Gasteiger partial charge is 0.267 e. The first-order chi connectivity index (χ1) is 11.3. The van der Waals surface area contributed by atoms with Crippen LogP contribution in [0.15, 0.2) is 53.4 Å². The summed E-state index contributed by atoms with van der Waals surface area (Å²) in [6.45, 7) is 0. The molecule has 0 atom stereocenters. The first-order valence-corrected chi connectivity index (χ1v) is 8.00. The van der Waals surface area contributed by atoms with Crippen molar-refractivity contribution in [3.05, 3.63) is 65.7 Å². The predicted molar refractivity (Wildman–Crippen MR) is 82.6 cm³/mol. The van der Waals surface area contributed by atoms with Crippen molar-refractivity contribution in [1.82, 2.24) is 5.48 Å². The second-order valence-electron chi connectivity index (χ2n) is 4.61. The number of benzene rings is 2. The second kappa shape index (κ2) is 7.20. The normalized spacial score (nSPS) is 11.5. The number of hydroxylamine groups is 1. The van der Waals surface area contributed by atoms with Crippen molar-refractivity contribution in [3.63, 3.8) is 0 Å². The van der Waals surface area contributed by atoms with Gasteiger partial charge in [-0.15, -0.1) is 0 Å². The Morgan fingerprint density at radius 3 is 2.54 bits per heavy atom. The molecule has 0 saturated heterocycles. The first-order valence-electron chi connectivity index (χ1n) is 6.52. The summed E-state index contributed by atoms with van der Waals surface area (Å²) in [5.41, 5.74) is 1.37. The lowest BCUT2D eigenvalue weighted by Gasteiger charge is -2.09. The molecule has 0 saturated carbocycles. The number of sulfonamides is 1. The van der Waals surface area contributed by atoms with Crippen LogP contribution in [0, 0.1) is 11.6 Å². The molecule has 0 unspecified atom stereocenters. The number of amides is 1. The molecule has 0 heterocycles. The van der Waals surface area contributed by atoms with Gasteiger partial charge < -0.3 is 0 Å². The summed E-state index contributed by atoms with van der Waals surface area (Å²) in [6, 6.07) is 7.92. The minimum absolute atomic E-state index is 0.183. The Hall–Kier alpha value is -2.78. The van der Waals surface area contributed by atoms with Gasteiger partial charge in [0.1, 0.15) is 11.6 Å². The van der Waals surface area contributed by atoms with Crippen LogP contribution in [-0.4, -0.2) is 19.5 Å². The molecule has 9 heteroatoms. The fourth-order valence-electron chi connectivity index (χ4n) is 1.77. The van der Waals surface area contributed by atoms with Crippen molar-refractivity contribution in [1.29, 1.82) is 0 Å². The van der Waals surface area contributed by atoms with E-state index < -0.39 is 33.3 Å². The van der Waals surface area contributed by atoms with Crippen LogP contribution in [0.2, 0.25) is 0 Å². The van der Waals surface area contributed by atoms with E-state index in [2.05, 4.69) is 0 Å². The van der Waals surface area contributed by atoms with E-state index in [1.165, 1.54) is 35.8 Å². The van der Waals surface area contributed by atoms with E-state index in [9.17, 15) is 22.0 Å². The van der Waals surface area contributed by atoms with Gasteiger partial charge in [0.2, 0.25) is 0 Å². The van der Waals surface area contributed by atoms with Crippen LogP contribution in [-0.2, 0) is 14.8 Å². The number of hydrogen-bond donors (Lipinski definition) is 3. The van der Waals surface area contributed by atoms with Crippen molar-refractivity contribution in [2.75, 3.05) is 4.72 Å². The summed E-state index contributed by atoms with van der Waals surface area (Å²) in [7, 11) is -4.11. The molecule has 0 fully saturated rings. The van der Waals surface area contributed by atoms with E-state index in [0.717, 1.165) is 18.2 Å². The van der Waals surface area contributed by atoms with Gasteiger partial charge in [0.25, 0.3) is 15.9 Å². The van der Waals surface area contributed by atoms with Crippen LogP contribution in [0.3, 0.4) is 0 Å². The molecule has 0 aliphatic rings. The lowest BCUT2D eigenvalue weighted by molar-refractivity contribution is -0.124. The summed E-state index contributed by atoms with van der Waals surface area (Å²) in [4.78, 5) is 10.7. The monoisotopic (exact) mass is 354 g/mol. The van der Waals surface area contributed by atoms with Crippen molar-refractivity contribution in [2.45, 2.75) is 4.90 Å². The SMILES string of the molecule is O=C(/C=C/c1cccc(S(=O)(=O)Nc2ccc(F)cc2F)c1)NO. The Bertz CT molecular complexity index is 898. The van der Waals surface area contributed by atoms with Gasteiger partial charge in [0, 0.05) is 12.1 Å².